The molecule has 1 aliphatic rings. The molecule has 1 saturated heterocycles. The molecule has 1 N–H and O–H groups in total. The van der Waals surface area contributed by atoms with E-state index in [0.29, 0.717) is 13.2 Å². The fraction of sp³-hybridized carbons (Fsp3) is 1.00. The van der Waals surface area contributed by atoms with Crippen LogP contribution in [0.3, 0.4) is 0 Å². The smallest absolute Gasteiger partial charge is 0.0609 e. The molecule has 0 saturated carbocycles. The quantitative estimate of drug-likeness (QED) is 0.537. The van der Waals surface area contributed by atoms with Gasteiger partial charge in [0.1, 0.15) is 0 Å². The van der Waals surface area contributed by atoms with Gasteiger partial charge in [-0.1, -0.05) is 6.92 Å². The Morgan fingerprint density at radius 3 is 2.12 bits per heavy atom. The molecule has 0 radical (unpaired) electrons. The van der Waals surface area contributed by atoms with Crippen LogP contribution >= 0.6 is 0 Å². The van der Waals surface area contributed by atoms with Crippen molar-refractivity contribution in [1.82, 2.24) is 0 Å². The zero-order valence-electron chi connectivity index (χ0n) is 5.35. The van der Waals surface area contributed by atoms with Crippen LogP contribution in [-0.4, -0.2) is 24.4 Å². The lowest BCUT2D eigenvalue weighted by Gasteiger charge is -2.40. The normalized spacial score (nSPS) is 28.9. The first-order valence-corrected chi connectivity index (χ1v) is 2.91. The fourth-order valence-corrected chi connectivity index (χ4v) is 0.665. The summed E-state index contributed by atoms with van der Waals surface area (Å²) in [4.78, 5) is 0. The van der Waals surface area contributed by atoms with Gasteiger partial charge in [-0.25, -0.2) is 0 Å². The molecule has 0 aromatic rings. The van der Waals surface area contributed by atoms with Crippen LogP contribution in [0.1, 0.15) is 13.8 Å². The lowest BCUT2D eigenvalue weighted by Crippen LogP contribution is -2.47. The molecule has 1 aliphatic heterocycles. The molecule has 0 aromatic heterocycles. The molecule has 2 nitrogen and oxygen atoms in total. The molecule has 0 unspecified atom stereocenters. The van der Waals surface area contributed by atoms with Gasteiger partial charge in [0.25, 0.3) is 0 Å². The highest BCUT2D eigenvalue weighted by Gasteiger charge is 2.37. The molecule has 8 heavy (non-hydrogen) atoms. The van der Waals surface area contributed by atoms with E-state index in [-0.39, 0.29) is 11.5 Å². The maximum atomic E-state index is 9.05. The van der Waals surface area contributed by atoms with Gasteiger partial charge < -0.3 is 9.84 Å². The Balaban J connectivity index is 2.41. The van der Waals surface area contributed by atoms with Gasteiger partial charge in [0.15, 0.2) is 0 Å². The largest absolute Gasteiger partial charge is 0.393 e. The maximum Gasteiger partial charge on any atom is 0.0609 e. The maximum absolute atomic E-state index is 9.05. The highest BCUT2D eigenvalue weighted by atomic mass is 16.5. The molecule has 1 rings (SSSR count). The lowest BCUT2D eigenvalue weighted by atomic mass is 9.83. The molecule has 1 fully saturated rings. The second-order valence-electron chi connectivity index (χ2n) is 2.82. The second-order valence-corrected chi connectivity index (χ2v) is 2.82. The van der Waals surface area contributed by atoms with Gasteiger partial charge in [-0.15, -0.1) is 0 Å². The molecular formula is C6H12O2. The van der Waals surface area contributed by atoms with Gasteiger partial charge in [-0.2, -0.15) is 0 Å². The van der Waals surface area contributed by atoms with Crippen LogP contribution in [0.25, 0.3) is 0 Å². The van der Waals surface area contributed by atoms with E-state index >= 15 is 0 Å². The van der Waals surface area contributed by atoms with Crippen molar-refractivity contribution < 1.29 is 9.84 Å². The summed E-state index contributed by atoms with van der Waals surface area (Å²) in [7, 11) is 0. The number of aliphatic hydroxyl groups excluding tert-OH is 1. The van der Waals surface area contributed by atoms with Crippen molar-refractivity contribution in [3.05, 3.63) is 0 Å². The third-order valence-electron chi connectivity index (χ3n) is 1.87. The minimum Gasteiger partial charge on any atom is -0.393 e. The Morgan fingerprint density at radius 1 is 1.62 bits per heavy atom. The van der Waals surface area contributed by atoms with E-state index in [1.807, 2.05) is 13.8 Å². The molecule has 1 atom stereocenters. The fourth-order valence-electron chi connectivity index (χ4n) is 0.665. The Morgan fingerprint density at radius 2 is 2.12 bits per heavy atom. The van der Waals surface area contributed by atoms with E-state index in [4.69, 9.17) is 9.84 Å². The third-order valence-corrected chi connectivity index (χ3v) is 1.87. The van der Waals surface area contributed by atoms with Crippen LogP contribution in [0.5, 0.6) is 0 Å². The van der Waals surface area contributed by atoms with Gasteiger partial charge in [0, 0.05) is 5.41 Å². The van der Waals surface area contributed by atoms with E-state index in [1.165, 1.54) is 0 Å². The van der Waals surface area contributed by atoms with Crippen molar-refractivity contribution in [2.45, 2.75) is 20.0 Å². The first-order valence-electron chi connectivity index (χ1n) is 2.91. The summed E-state index contributed by atoms with van der Waals surface area (Å²) in [6.45, 7) is 5.26. The zero-order valence-corrected chi connectivity index (χ0v) is 5.35. The minimum atomic E-state index is -0.226. The predicted molar refractivity (Wildman–Crippen MR) is 30.6 cm³/mol. The Kier molecular flexibility index (Phi) is 1.29. The van der Waals surface area contributed by atoms with E-state index in [0.717, 1.165) is 0 Å². The van der Waals surface area contributed by atoms with E-state index in [1.54, 1.807) is 0 Å². The zero-order chi connectivity index (χ0) is 6.20. The summed E-state index contributed by atoms with van der Waals surface area (Å²) in [5.74, 6) is 0. The van der Waals surface area contributed by atoms with Crippen LogP contribution in [0, 0.1) is 5.41 Å². The molecular weight excluding hydrogens is 104 g/mol. The molecule has 0 amide bonds. The number of aliphatic hydroxyl groups is 1. The van der Waals surface area contributed by atoms with Crippen LogP contribution < -0.4 is 0 Å². The van der Waals surface area contributed by atoms with Crippen molar-refractivity contribution in [1.29, 1.82) is 0 Å². The first-order chi connectivity index (χ1) is 3.65. The first kappa shape index (κ1) is 6.05. The standard InChI is InChI=1S/C6H12O2/c1-5(7)6(2)3-8-4-6/h5,7H,3-4H2,1-2H3/t5-/m1/s1. The summed E-state index contributed by atoms with van der Waals surface area (Å²) in [5.41, 5.74) is 0.0556. The predicted octanol–water partition coefficient (Wildman–Crippen LogP) is 0.404. The Bertz CT molecular complexity index is 84.5. The molecule has 0 aromatic carbocycles. The SMILES string of the molecule is C[C@@H](O)C1(C)COC1. The van der Waals surface area contributed by atoms with Crippen molar-refractivity contribution in [2.75, 3.05) is 13.2 Å². The van der Waals surface area contributed by atoms with E-state index in [9.17, 15) is 0 Å². The van der Waals surface area contributed by atoms with E-state index in [2.05, 4.69) is 0 Å². The van der Waals surface area contributed by atoms with Crippen LogP contribution in [0.4, 0.5) is 0 Å². The van der Waals surface area contributed by atoms with Gasteiger partial charge in [-0.3, -0.25) is 0 Å². The highest BCUT2D eigenvalue weighted by Crippen LogP contribution is 2.29. The van der Waals surface area contributed by atoms with Gasteiger partial charge in [0.05, 0.1) is 19.3 Å². The number of hydrogen-bond acceptors (Lipinski definition) is 2. The summed E-state index contributed by atoms with van der Waals surface area (Å²) in [6.07, 6.45) is -0.226. The van der Waals surface area contributed by atoms with Crippen LogP contribution in [0.2, 0.25) is 0 Å². The number of hydrogen-bond donors (Lipinski definition) is 1. The topological polar surface area (TPSA) is 29.5 Å². The summed E-state index contributed by atoms with van der Waals surface area (Å²) >= 11 is 0. The van der Waals surface area contributed by atoms with E-state index < -0.39 is 0 Å². The number of ether oxygens (including phenoxy) is 1. The molecule has 0 bridgehead atoms. The Hall–Kier alpha value is -0.0800. The summed E-state index contributed by atoms with van der Waals surface area (Å²) < 4.78 is 4.94. The van der Waals surface area contributed by atoms with Gasteiger partial charge in [0.2, 0.25) is 0 Å². The summed E-state index contributed by atoms with van der Waals surface area (Å²) in [6, 6.07) is 0. The molecule has 0 aliphatic carbocycles. The lowest BCUT2D eigenvalue weighted by molar-refractivity contribution is -0.155. The Labute approximate surface area is 49.5 Å². The summed E-state index contributed by atoms with van der Waals surface area (Å²) in [5, 5.41) is 9.05. The molecule has 0 spiro atoms. The molecule has 2 heteroatoms. The number of rotatable bonds is 1. The van der Waals surface area contributed by atoms with Gasteiger partial charge >= 0.3 is 0 Å². The van der Waals surface area contributed by atoms with Gasteiger partial charge in [-0.05, 0) is 6.92 Å². The third kappa shape index (κ3) is 0.740. The average molecular weight is 116 g/mol. The average Bonchev–Trinajstić information content (AvgIpc) is 1.60. The second kappa shape index (κ2) is 1.71. The van der Waals surface area contributed by atoms with Crippen molar-refractivity contribution in [2.24, 2.45) is 5.41 Å². The molecule has 48 valence electrons. The minimum absolute atomic E-state index is 0.0556. The van der Waals surface area contributed by atoms with Crippen LogP contribution in [0.15, 0.2) is 0 Å². The van der Waals surface area contributed by atoms with Crippen molar-refractivity contribution in [3.63, 3.8) is 0 Å². The molecule has 1 heterocycles. The van der Waals surface area contributed by atoms with Crippen molar-refractivity contribution >= 4 is 0 Å². The van der Waals surface area contributed by atoms with Crippen molar-refractivity contribution in [3.8, 4) is 0 Å². The van der Waals surface area contributed by atoms with Crippen LogP contribution in [-0.2, 0) is 4.74 Å². The monoisotopic (exact) mass is 116 g/mol. The highest BCUT2D eigenvalue weighted by molar-refractivity contribution is 4.85.